The molecule has 30 heteroatoms. The molecule has 5 fully saturated rings. The first kappa shape index (κ1) is 125. The quantitative estimate of drug-likeness (QED) is 0.00946. The van der Waals surface area contributed by atoms with Gasteiger partial charge < -0.3 is 103 Å². The number of aliphatic hydroxyl groups excluding tert-OH is 5. The van der Waals surface area contributed by atoms with E-state index in [0.29, 0.717) is 135 Å². The van der Waals surface area contributed by atoms with E-state index in [1.165, 1.54) is 6.92 Å². The molecule has 22 nitrogen and oxygen atoms in total. The molecule has 145 heavy (non-hydrogen) atoms. The number of halogens is 5. The summed E-state index contributed by atoms with van der Waals surface area (Å²) in [6.45, 7) is 26.0. The standard InChI is InChI=1S/C24H31NO4.C23H27NO4.2C23H27NO3.C21H24BrNO3.CH3.BrH.3ClH.Cu.Mg.Pd/c1-18(19-10-12-20(13-11-19)23(2,3)28)25-16-15-24(14-7-17-26,29-22(25)27)21-8-5-4-6-9-21;1-17(19-9-11-20(12-10-19)18(2)26)24-15-14-23(13-6-16-25,28-22(24)27)21-7-4-3-5-8-21;2*1-3-19-10-12-20(13-11-19)18(2)24-16-15-23(14-7-17-25,27-22(24)26)21-8-5-4-6-9-21;1-16(17-8-10-19(22)11-9-17)23-14-13-21(12-5-15-24,26-20(23)25)18-6-3-2-4-7-18;;;;;;;;/h4-6,8-13,18,26,28H,7,14-17H2,1-3H3;3-5,7-12,17,25H,6,13-16H2,1-2H3;2*3-6,8-13,18,25H,1,7,14-17H2,2H3;2-4,6-11,16,24H,5,12-15H2,1H3;1H3;4*1H;;;/q;;;;;-1;;;;;+1;2*+2/p-4/t18-,24+;17-,23+;2*18-,23+;16-,21+;;;;;;;;/m00000......../s1. The van der Waals surface area contributed by atoms with E-state index in [9.17, 15) is 59.4 Å². The number of cyclic esters (lactones) is 5. The minimum absolute atomic E-state index is 0. The average Bonchev–Trinajstić information content (AvgIpc) is 0.794. The van der Waals surface area contributed by atoms with Crippen molar-refractivity contribution in [2.75, 3.05) is 65.8 Å². The second kappa shape index (κ2) is 62.0. The van der Waals surface area contributed by atoms with E-state index in [-0.39, 0.29) is 163 Å². The van der Waals surface area contributed by atoms with Crippen molar-refractivity contribution in [3.63, 3.8) is 0 Å². The van der Waals surface area contributed by atoms with Crippen LogP contribution in [0.15, 0.2) is 291 Å². The average molecular weight is 2320 g/mol. The number of ketones is 1. The third-order valence-corrected chi connectivity index (χ3v) is 28.0. The Morgan fingerprint density at radius 2 is 0.566 bits per heavy atom. The number of aliphatic hydroxyl groups is 6. The second-order valence-electron chi connectivity index (χ2n) is 36.6. The van der Waals surface area contributed by atoms with E-state index in [0.717, 1.165) is 76.8 Å². The second-order valence-corrected chi connectivity index (χ2v) is 39.8. The number of amides is 5. The summed E-state index contributed by atoms with van der Waals surface area (Å²) in [5.74, 6) is 0.0214. The molecule has 5 aliphatic heterocycles. The van der Waals surface area contributed by atoms with Crippen molar-refractivity contribution >= 4 is 117 Å². The van der Waals surface area contributed by atoms with Crippen molar-refractivity contribution in [2.24, 2.45) is 0 Å². The zero-order chi connectivity index (χ0) is 103. The molecule has 5 amide bonds. The Morgan fingerprint density at radius 3 is 0.738 bits per heavy atom. The van der Waals surface area contributed by atoms with Crippen LogP contribution < -0.4 is 17.0 Å². The minimum Gasteiger partial charge on any atom is 2.00 e. The predicted octanol–water partition coefficient (Wildman–Crippen LogP) is 22.9. The van der Waals surface area contributed by atoms with Crippen LogP contribution in [0.5, 0.6) is 0 Å². The topological polar surface area (TPSA) is 286 Å². The molecule has 0 unspecified atom stereocenters. The maximum absolute atomic E-state index is 13.0. The Balaban J connectivity index is 0.000000272. The number of hydrogen-bond acceptors (Lipinski definition) is 17. The van der Waals surface area contributed by atoms with Gasteiger partial charge in [-0.2, -0.15) is 0 Å². The summed E-state index contributed by atoms with van der Waals surface area (Å²) in [5.41, 5.74) is 9.44. The Bertz CT molecular complexity index is 5430. The van der Waals surface area contributed by atoms with Gasteiger partial charge in [0.1, 0.15) is 28.0 Å². The molecule has 784 valence electrons. The minimum atomic E-state index is -0.895. The molecule has 10 atom stereocenters. The molecule has 5 aliphatic rings. The van der Waals surface area contributed by atoms with Crippen LogP contribution in [0.25, 0.3) is 12.2 Å². The van der Waals surface area contributed by atoms with Gasteiger partial charge in [-0.05, 0) is 204 Å². The zero-order valence-corrected chi connectivity index (χ0v) is 93.6. The van der Waals surface area contributed by atoms with Gasteiger partial charge in [0, 0.05) is 108 Å². The van der Waals surface area contributed by atoms with E-state index in [1.54, 1.807) is 62.6 Å². The summed E-state index contributed by atoms with van der Waals surface area (Å²) >= 11 is 7.00. The van der Waals surface area contributed by atoms with Gasteiger partial charge in [-0.1, -0.05) is 302 Å². The van der Waals surface area contributed by atoms with Crippen molar-refractivity contribution < 1.29 is 131 Å². The van der Waals surface area contributed by atoms with E-state index >= 15 is 0 Å². The first-order valence-electron chi connectivity index (χ1n) is 48.3. The molecular formula is C115H139Br2Cl3CuMgN5O17Pd. The van der Waals surface area contributed by atoms with Crippen molar-refractivity contribution in [3.8, 4) is 0 Å². The number of Topliss-reactive ketones (excluding diaryl/α,β-unsaturated/α-hetero) is 1. The van der Waals surface area contributed by atoms with E-state index < -0.39 is 33.6 Å². The van der Waals surface area contributed by atoms with E-state index in [2.05, 4.69) is 54.3 Å². The number of benzene rings is 10. The Labute approximate surface area is 921 Å². The molecule has 15 rings (SSSR count). The van der Waals surface area contributed by atoms with Gasteiger partial charge in [0.05, 0.1) is 35.8 Å². The first-order valence-corrected chi connectivity index (χ1v) is 54.4. The molecule has 10 aromatic carbocycles. The van der Waals surface area contributed by atoms with Gasteiger partial charge in [0.25, 0.3) is 0 Å². The smallest absolute Gasteiger partial charge is 2.00 e. The summed E-state index contributed by atoms with van der Waals surface area (Å²) in [6, 6.07) is 87.9. The molecule has 5 heterocycles. The molecule has 0 bridgehead atoms. The Hall–Kier alpha value is -8.76. The van der Waals surface area contributed by atoms with Crippen molar-refractivity contribution in [1.82, 2.24) is 24.5 Å². The van der Waals surface area contributed by atoms with Crippen LogP contribution in [0.1, 0.15) is 265 Å². The Kier molecular flexibility index (Phi) is 53.4. The fraction of sp³-hybridized carbons (Fsp3) is 0.383. The van der Waals surface area contributed by atoms with Crippen molar-refractivity contribution in [2.45, 2.75) is 216 Å². The van der Waals surface area contributed by atoms with Gasteiger partial charge in [0.15, 0.2) is 5.78 Å². The maximum Gasteiger partial charge on any atom is 2.00 e. The van der Waals surface area contributed by atoms with Gasteiger partial charge in [0.2, 0.25) is 0 Å². The monoisotopic (exact) mass is 2320 g/mol. The van der Waals surface area contributed by atoms with Crippen molar-refractivity contribution in [3.05, 3.63) is 376 Å². The third kappa shape index (κ3) is 34.1. The molecule has 10 aromatic rings. The third-order valence-electron chi connectivity index (χ3n) is 27.5. The van der Waals surface area contributed by atoms with E-state index in [1.807, 2.05) is 295 Å². The van der Waals surface area contributed by atoms with Crippen LogP contribution >= 0.6 is 45.1 Å². The molecule has 0 aromatic heterocycles. The van der Waals surface area contributed by atoms with Gasteiger partial charge in [-0.3, -0.25) is 4.79 Å². The predicted molar refractivity (Wildman–Crippen MR) is 568 cm³/mol. The number of carbonyl (C=O) groups excluding carboxylic acids is 6. The fourth-order valence-electron chi connectivity index (χ4n) is 18.9. The largest absolute Gasteiger partial charge is 2.00 e. The van der Waals surface area contributed by atoms with E-state index in [4.69, 9.17) is 42.7 Å². The zero-order valence-electron chi connectivity index (χ0n) is 84.2. The molecule has 5 saturated heterocycles. The van der Waals surface area contributed by atoms with Gasteiger partial charge in [-0.15, -0.1) is 0 Å². The maximum atomic E-state index is 13.0. The Morgan fingerprint density at radius 1 is 0.379 bits per heavy atom. The first-order chi connectivity index (χ1) is 68.4. The normalized spacial score (nSPS) is 19.9. The van der Waals surface area contributed by atoms with Crippen LogP contribution in [0.2, 0.25) is 0 Å². The van der Waals surface area contributed by atoms with Gasteiger partial charge in [-0.25, -0.2) is 24.0 Å². The van der Waals surface area contributed by atoms with Crippen LogP contribution in [-0.4, -0.2) is 180 Å². The molecule has 0 aliphatic carbocycles. The number of nitrogens with zero attached hydrogens (tertiary/aromatic N) is 5. The van der Waals surface area contributed by atoms with Crippen LogP contribution in [0, 0.1) is 7.43 Å². The molecule has 0 spiro atoms. The number of rotatable bonds is 34. The summed E-state index contributed by atoms with van der Waals surface area (Å²) in [7, 11) is 13.8. The van der Waals surface area contributed by atoms with Crippen LogP contribution in [0.4, 0.5) is 24.0 Å². The molecule has 0 saturated carbocycles. The summed E-state index contributed by atoms with van der Waals surface area (Å²) < 4.78 is 31.1. The van der Waals surface area contributed by atoms with Crippen LogP contribution in [0.3, 0.4) is 0 Å². The summed E-state index contributed by atoms with van der Waals surface area (Å²) in [4.78, 5) is 84.9. The molecule has 6 N–H and O–H groups in total. The summed E-state index contributed by atoms with van der Waals surface area (Å²) in [6.07, 6.45) is 11.5. The van der Waals surface area contributed by atoms with Gasteiger partial charge >= 0.3 is 114 Å². The molecular weight excluding hydrogens is 2180 g/mol. The summed E-state index contributed by atoms with van der Waals surface area (Å²) in [5, 5.41) is 56.6. The fourth-order valence-corrected chi connectivity index (χ4v) is 19.1. The van der Waals surface area contributed by atoms with Crippen LogP contribution in [-0.2, 0) is 88.3 Å². The number of carbonyl (C=O) groups is 6. The SMILES string of the molecule is C=Cc1ccc([C@H](C)N2CC[C@](CCCO)(c3ccccc3)OC2=O)cc1.C=Cc1ccc([C@H](C)N2CC[C@](CCCO)(c3ccccc3)OC2=O)cc1.CC(=O)c1ccc([C@H](C)N2CC[C@](CCCO)(c3ccccc3)OC2=O)cc1.C[C@@H](c1ccc(Br)cc1)N1CC[C@](CCCO)(c2ccccc2)OC1=O.C[C@@H](c1ccc(C(C)(C)O)cc1)N1CC[C@](CCCO)(c2ccccc2)OC1=O.[Br-].[CH3-].[Cl][Cu].[Cl][Pd][Cl].[Mg+2]. The number of ether oxygens (including phenoxy) is 5. The number of hydrogen-bond donors (Lipinski definition) is 6. The molecule has 0 radical (unpaired) electrons. The van der Waals surface area contributed by atoms with Crippen molar-refractivity contribution in [1.29, 1.82) is 0 Å².